The van der Waals surface area contributed by atoms with Crippen molar-refractivity contribution in [2.75, 3.05) is 0 Å². The number of carbonyl (C=O) groups is 1. The molecule has 1 saturated carbocycles. The van der Waals surface area contributed by atoms with Crippen molar-refractivity contribution in [3.63, 3.8) is 0 Å². The Morgan fingerprint density at radius 2 is 2.04 bits per heavy atom. The largest absolute Gasteiger partial charge is 0.356 e. The minimum atomic E-state index is -0.322. The number of nitrogens with zero attached hydrogens (tertiary/aromatic N) is 3. The maximum atomic E-state index is 12.5. The summed E-state index contributed by atoms with van der Waals surface area (Å²) < 4.78 is 6.54. The summed E-state index contributed by atoms with van der Waals surface area (Å²) in [5.74, 6) is 0.433. The molecule has 140 valence electrons. The highest BCUT2D eigenvalue weighted by molar-refractivity contribution is 5.76. The minimum Gasteiger partial charge on any atom is -0.356 e. The Labute approximate surface area is 152 Å². The van der Waals surface area contributed by atoms with Crippen LogP contribution in [0.3, 0.4) is 0 Å². The van der Waals surface area contributed by atoms with Gasteiger partial charge in [-0.25, -0.2) is 4.68 Å². The van der Waals surface area contributed by atoms with Gasteiger partial charge in [0, 0.05) is 23.7 Å². The van der Waals surface area contributed by atoms with E-state index < -0.39 is 0 Å². The number of aromatic nitrogens is 3. The van der Waals surface area contributed by atoms with Crippen LogP contribution < -0.4 is 10.9 Å². The second kappa shape index (κ2) is 7.85. The lowest BCUT2D eigenvalue weighted by atomic mass is 9.95. The van der Waals surface area contributed by atoms with Crippen molar-refractivity contribution in [2.45, 2.75) is 71.4 Å². The maximum absolute atomic E-state index is 12.5. The lowest BCUT2D eigenvalue weighted by Crippen LogP contribution is -2.40. The predicted molar refractivity (Wildman–Crippen MR) is 97.8 cm³/mol. The molecule has 0 saturated heterocycles. The van der Waals surface area contributed by atoms with Crippen LogP contribution in [0.1, 0.15) is 63.3 Å². The van der Waals surface area contributed by atoms with Gasteiger partial charge in [-0.05, 0) is 25.7 Å². The Balaban J connectivity index is 1.82. The zero-order valence-corrected chi connectivity index (χ0v) is 15.6. The quantitative estimate of drug-likeness (QED) is 0.887. The van der Waals surface area contributed by atoms with Crippen LogP contribution in [0.15, 0.2) is 21.5 Å². The number of carbonyl (C=O) groups excluding carboxylic acids is 1. The SMILES string of the molecule is Cc1cc(-c2cc(=O)n(CC(=O)NC3CCCCC3)nc2C(C)C)on1. The fraction of sp³-hybridized carbons (Fsp3) is 0.579. The van der Waals surface area contributed by atoms with E-state index in [4.69, 9.17) is 4.52 Å². The zero-order valence-electron chi connectivity index (χ0n) is 15.6. The average molecular weight is 358 g/mol. The van der Waals surface area contributed by atoms with Crippen LogP contribution in [-0.2, 0) is 11.3 Å². The maximum Gasteiger partial charge on any atom is 0.267 e. The van der Waals surface area contributed by atoms with Crippen molar-refractivity contribution in [2.24, 2.45) is 0 Å². The summed E-state index contributed by atoms with van der Waals surface area (Å²) in [6.07, 6.45) is 5.54. The van der Waals surface area contributed by atoms with Gasteiger partial charge >= 0.3 is 0 Å². The number of aryl methyl sites for hydroxylation is 1. The lowest BCUT2D eigenvalue weighted by molar-refractivity contribution is -0.122. The van der Waals surface area contributed by atoms with Gasteiger partial charge in [-0.2, -0.15) is 5.10 Å². The Morgan fingerprint density at radius 3 is 2.65 bits per heavy atom. The van der Waals surface area contributed by atoms with Crippen LogP contribution in [0.4, 0.5) is 0 Å². The molecule has 1 amide bonds. The fourth-order valence-electron chi connectivity index (χ4n) is 3.39. The van der Waals surface area contributed by atoms with E-state index in [1.54, 1.807) is 6.07 Å². The average Bonchev–Trinajstić information content (AvgIpc) is 3.03. The summed E-state index contributed by atoms with van der Waals surface area (Å²) in [6, 6.07) is 3.48. The molecule has 0 bridgehead atoms. The molecule has 7 nitrogen and oxygen atoms in total. The summed E-state index contributed by atoms with van der Waals surface area (Å²) >= 11 is 0. The van der Waals surface area contributed by atoms with E-state index in [2.05, 4.69) is 15.6 Å². The zero-order chi connectivity index (χ0) is 18.7. The van der Waals surface area contributed by atoms with Crippen molar-refractivity contribution >= 4 is 5.91 Å². The van der Waals surface area contributed by atoms with Crippen LogP contribution >= 0.6 is 0 Å². The van der Waals surface area contributed by atoms with Gasteiger partial charge in [0.05, 0.1) is 11.4 Å². The second-order valence-electron chi connectivity index (χ2n) is 7.33. The standard InChI is InChI=1S/C19H26N4O3/c1-12(2)19-15(16-9-13(3)22-26-16)10-18(25)23(21-19)11-17(24)20-14-7-5-4-6-8-14/h9-10,12,14H,4-8,11H2,1-3H3,(H,20,24). The number of hydrogen-bond donors (Lipinski definition) is 1. The first-order valence-electron chi connectivity index (χ1n) is 9.29. The topological polar surface area (TPSA) is 90.0 Å². The molecule has 2 heterocycles. The Morgan fingerprint density at radius 1 is 1.31 bits per heavy atom. The van der Waals surface area contributed by atoms with Crippen molar-refractivity contribution < 1.29 is 9.32 Å². The van der Waals surface area contributed by atoms with E-state index in [9.17, 15) is 9.59 Å². The molecule has 3 rings (SSSR count). The summed E-state index contributed by atoms with van der Waals surface area (Å²) in [7, 11) is 0. The van der Waals surface area contributed by atoms with Gasteiger partial charge in [0.25, 0.3) is 5.56 Å². The van der Waals surface area contributed by atoms with Crippen LogP contribution in [0, 0.1) is 6.92 Å². The van der Waals surface area contributed by atoms with Gasteiger partial charge in [0.15, 0.2) is 5.76 Å². The van der Waals surface area contributed by atoms with Gasteiger partial charge in [-0.15, -0.1) is 0 Å². The first-order valence-corrected chi connectivity index (χ1v) is 9.29. The van der Waals surface area contributed by atoms with Crippen LogP contribution in [0.25, 0.3) is 11.3 Å². The van der Waals surface area contributed by atoms with Crippen molar-refractivity contribution in [3.8, 4) is 11.3 Å². The van der Waals surface area contributed by atoms with E-state index in [0.29, 0.717) is 17.0 Å². The van der Waals surface area contributed by atoms with Crippen molar-refractivity contribution in [3.05, 3.63) is 33.9 Å². The Bertz CT molecular complexity index is 832. The molecule has 0 spiro atoms. The molecule has 2 aromatic rings. The molecular weight excluding hydrogens is 332 g/mol. The molecular formula is C19H26N4O3. The van der Waals surface area contributed by atoms with Crippen molar-refractivity contribution in [1.29, 1.82) is 0 Å². The number of nitrogens with one attached hydrogen (secondary N) is 1. The molecule has 0 unspecified atom stereocenters. The normalized spacial score (nSPS) is 15.4. The van der Waals surface area contributed by atoms with E-state index in [0.717, 1.165) is 31.4 Å². The van der Waals surface area contributed by atoms with E-state index in [1.807, 2.05) is 20.8 Å². The monoisotopic (exact) mass is 358 g/mol. The molecule has 0 atom stereocenters. The lowest BCUT2D eigenvalue weighted by Gasteiger charge is -2.23. The number of rotatable bonds is 5. The van der Waals surface area contributed by atoms with Gasteiger partial charge in [-0.1, -0.05) is 38.3 Å². The third-order valence-corrected chi connectivity index (χ3v) is 4.73. The number of hydrogen-bond acceptors (Lipinski definition) is 5. The predicted octanol–water partition coefficient (Wildman–Crippen LogP) is 2.78. The fourth-order valence-corrected chi connectivity index (χ4v) is 3.39. The van der Waals surface area contributed by atoms with Gasteiger partial charge < -0.3 is 9.84 Å². The van der Waals surface area contributed by atoms with E-state index in [1.165, 1.54) is 17.2 Å². The molecule has 1 aliphatic rings. The molecule has 1 aliphatic carbocycles. The molecule has 0 aromatic carbocycles. The molecule has 7 heteroatoms. The van der Waals surface area contributed by atoms with E-state index in [-0.39, 0.29) is 30.0 Å². The summed E-state index contributed by atoms with van der Waals surface area (Å²) in [5.41, 5.74) is 1.77. The van der Waals surface area contributed by atoms with Gasteiger partial charge in [0.2, 0.25) is 5.91 Å². The molecule has 1 fully saturated rings. The highest BCUT2D eigenvalue weighted by Gasteiger charge is 2.20. The van der Waals surface area contributed by atoms with Crippen LogP contribution in [0.5, 0.6) is 0 Å². The minimum absolute atomic E-state index is 0.0647. The van der Waals surface area contributed by atoms with Crippen molar-refractivity contribution in [1.82, 2.24) is 20.3 Å². The summed E-state index contributed by atoms with van der Waals surface area (Å²) in [4.78, 5) is 24.8. The van der Waals surface area contributed by atoms with E-state index >= 15 is 0 Å². The molecule has 2 aromatic heterocycles. The van der Waals surface area contributed by atoms with Crippen LogP contribution in [0.2, 0.25) is 0 Å². The highest BCUT2D eigenvalue weighted by atomic mass is 16.5. The van der Waals surface area contributed by atoms with Gasteiger partial charge in [0.1, 0.15) is 6.54 Å². The van der Waals surface area contributed by atoms with Crippen LogP contribution in [-0.4, -0.2) is 26.9 Å². The second-order valence-corrected chi connectivity index (χ2v) is 7.33. The van der Waals surface area contributed by atoms with Gasteiger partial charge in [-0.3, -0.25) is 9.59 Å². The smallest absolute Gasteiger partial charge is 0.267 e. The first-order chi connectivity index (χ1) is 12.4. The third-order valence-electron chi connectivity index (χ3n) is 4.73. The Kier molecular flexibility index (Phi) is 5.54. The Hall–Kier alpha value is -2.44. The molecule has 0 radical (unpaired) electrons. The molecule has 26 heavy (non-hydrogen) atoms. The summed E-state index contributed by atoms with van der Waals surface area (Å²) in [6.45, 7) is 5.75. The number of amides is 1. The molecule has 0 aliphatic heterocycles. The summed E-state index contributed by atoms with van der Waals surface area (Å²) in [5, 5.41) is 11.4. The molecule has 1 N–H and O–H groups in total. The highest BCUT2D eigenvalue weighted by Crippen LogP contribution is 2.26. The third kappa shape index (κ3) is 4.20. The first kappa shape index (κ1) is 18.4.